The second kappa shape index (κ2) is 14.5. The number of unbranched alkanes of at least 4 members (excludes halogenated alkanes) is 1. The van der Waals surface area contributed by atoms with Gasteiger partial charge >= 0.3 is 7.12 Å². The van der Waals surface area contributed by atoms with Crippen molar-refractivity contribution < 1.29 is 14.0 Å². The molecule has 1 fully saturated rings. The Morgan fingerprint density at radius 2 is 1.94 bits per heavy atom. The molecular formula is C25H45BN2O3. The van der Waals surface area contributed by atoms with Crippen LogP contribution in [0.25, 0.3) is 0 Å². The zero-order valence-corrected chi connectivity index (χ0v) is 21.6. The van der Waals surface area contributed by atoms with Gasteiger partial charge in [-0.25, -0.2) is 9.98 Å². The summed E-state index contributed by atoms with van der Waals surface area (Å²) in [5.74, 6) is 0.589. The minimum atomic E-state index is -0.370. The lowest BCUT2D eigenvalue weighted by Gasteiger charge is -2.21. The quantitative estimate of drug-likeness (QED) is 0.265. The normalized spacial score (nSPS) is 20.9. The maximum Gasteiger partial charge on any atom is 0.490 e. The molecule has 31 heavy (non-hydrogen) atoms. The van der Waals surface area contributed by atoms with Crippen LogP contribution in [-0.4, -0.2) is 44.1 Å². The smallest absolute Gasteiger partial charge is 0.402 e. The summed E-state index contributed by atoms with van der Waals surface area (Å²) in [6.07, 6.45) is 12.3. The lowest BCUT2D eigenvalue weighted by atomic mass is 9.73. The average molecular weight is 432 g/mol. The zero-order chi connectivity index (χ0) is 24.1. The molecule has 0 aromatic carbocycles. The van der Waals surface area contributed by atoms with Crippen LogP contribution in [0.4, 0.5) is 0 Å². The number of hydrogen-bond donors (Lipinski definition) is 0. The molecule has 0 bridgehead atoms. The van der Waals surface area contributed by atoms with Gasteiger partial charge in [0.05, 0.1) is 17.3 Å². The van der Waals surface area contributed by atoms with Crippen molar-refractivity contribution in [3.63, 3.8) is 0 Å². The highest BCUT2D eigenvalue weighted by molar-refractivity contribution is 6.54. The van der Waals surface area contributed by atoms with Gasteiger partial charge in [-0.1, -0.05) is 52.7 Å². The van der Waals surface area contributed by atoms with Crippen molar-refractivity contribution in [2.75, 3.05) is 7.11 Å². The molecule has 1 saturated heterocycles. The van der Waals surface area contributed by atoms with Gasteiger partial charge in [0.25, 0.3) is 0 Å². The first-order chi connectivity index (χ1) is 14.6. The number of hydrogen-bond acceptors (Lipinski definition) is 4. The molecular weight excluding hydrogens is 387 g/mol. The third-order valence-corrected chi connectivity index (χ3v) is 5.27. The fourth-order valence-electron chi connectivity index (χ4n) is 2.54. The lowest BCUT2D eigenvalue weighted by Crippen LogP contribution is -2.30. The average Bonchev–Trinajstić information content (AvgIpc) is 3.05. The number of ether oxygens (including phenoxy) is 1. The summed E-state index contributed by atoms with van der Waals surface area (Å²) >= 11 is 0. The highest BCUT2D eigenvalue weighted by Crippen LogP contribution is 2.33. The van der Waals surface area contributed by atoms with Crippen molar-refractivity contribution in [1.29, 1.82) is 0 Å². The summed E-state index contributed by atoms with van der Waals surface area (Å²) in [5.41, 5.74) is 1.41. The third-order valence-electron chi connectivity index (χ3n) is 5.27. The van der Waals surface area contributed by atoms with Crippen LogP contribution in [0.2, 0.25) is 0 Å². The number of nitrogens with zero attached hydrogens (tertiary/aromatic N) is 2. The van der Waals surface area contributed by atoms with Gasteiger partial charge in [0.1, 0.15) is 0 Å². The minimum absolute atomic E-state index is 0.0534. The second-order valence-corrected chi connectivity index (χ2v) is 8.48. The molecule has 0 spiro atoms. The molecule has 176 valence electrons. The molecule has 0 aromatic rings. The first kappa shape index (κ1) is 29.5. The Bertz CT molecular complexity index is 662. The molecule has 0 saturated carbocycles. The van der Waals surface area contributed by atoms with Crippen molar-refractivity contribution in [3.05, 3.63) is 35.5 Å². The summed E-state index contributed by atoms with van der Waals surface area (Å²) in [7, 11) is 1.37. The molecule has 0 N–H and O–H groups in total. The van der Waals surface area contributed by atoms with E-state index in [9.17, 15) is 0 Å². The molecule has 0 aromatic heterocycles. The van der Waals surface area contributed by atoms with E-state index in [0.717, 1.165) is 23.9 Å². The van der Waals surface area contributed by atoms with Crippen LogP contribution in [-0.2, 0) is 14.0 Å². The van der Waals surface area contributed by atoms with E-state index in [-0.39, 0.29) is 24.4 Å². The van der Waals surface area contributed by atoms with E-state index >= 15 is 0 Å². The van der Waals surface area contributed by atoms with Crippen molar-refractivity contribution in [1.82, 2.24) is 0 Å². The van der Waals surface area contributed by atoms with E-state index < -0.39 is 0 Å². The van der Waals surface area contributed by atoms with Gasteiger partial charge in [-0.15, -0.1) is 0 Å². The SMILES string of the molecule is C=NC(=N/C=C/C(C)(C)OC)C1=CCCC(B2OC(C)C(C)(C)O2)=C1.CC.CCCC. The third kappa shape index (κ3) is 10.1. The van der Waals surface area contributed by atoms with Crippen LogP contribution in [0.15, 0.2) is 45.5 Å². The van der Waals surface area contributed by atoms with Crippen molar-refractivity contribution in [3.8, 4) is 0 Å². The fraction of sp³-hybridized carbons (Fsp3) is 0.680. The van der Waals surface area contributed by atoms with E-state index in [0.29, 0.717) is 5.84 Å². The maximum absolute atomic E-state index is 6.07. The molecule has 1 atom stereocenters. The molecule has 2 aliphatic rings. The number of rotatable bonds is 6. The van der Waals surface area contributed by atoms with Gasteiger partial charge in [0.2, 0.25) is 0 Å². The predicted molar refractivity (Wildman–Crippen MR) is 136 cm³/mol. The largest absolute Gasteiger partial charge is 0.490 e. The number of allylic oxidation sites excluding steroid dienone is 2. The van der Waals surface area contributed by atoms with Gasteiger partial charge < -0.3 is 14.0 Å². The standard InChI is InChI=1S/C19H29BN2O3.C4H10.C2H6/c1-14-19(4,5)25-20(24-14)16-10-8-9-15(13-16)17(21-6)22-12-11-18(2,3)23-7;1-3-4-2;1-2/h9,11-14H,6,8,10H2,1-5,7H3;3-4H2,1-2H3;1-2H3/b12-11+,22-17?;;. The van der Waals surface area contributed by atoms with Gasteiger partial charge in [0.15, 0.2) is 5.84 Å². The molecule has 0 amide bonds. The van der Waals surface area contributed by atoms with E-state index in [1.54, 1.807) is 13.3 Å². The van der Waals surface area contributed by atoms with Crippen LogP contribution in [0.5, 0.6) is 0 Å². The monoisotopic (exact) mass is 432 g/mol. The summed E-state index contributed by atoms with van der Waals surface area (Å²) in [5, 5.41) is 0. The molecule has 0 radical (unpaired) electrons. The van der Waals surface area contributed by atoms with Gasteiger partial charge in [-0.3, -0.25) is 0 Å². The molecule has 1 heterocycles. The van der Waals surface area contributed by atoms with Crippen molar-refractivity contribution in [2.45, 2.75) is 105 Å². The van der Waals surface area contributed by atoms with Crippen molar-refractivity contribution >= 4 is 19.7 Å². The first-order valence-electron chi connectivity index (χ1n) is 11.6. The van der Waals surface area contributed by atoms with E-state index in [1.807, 2.05) is 40.7 Å². The van der Waals surface area contributed by atoms with Crippen LogP contribution < -0.4 is 0 Å². The summed E-state index contributed by atoms with van der Waals surface area (Å²) in [6.45, 7) is 22.1. The Kier molecular flexibility index (Phi) is 13.8. The summed E-state index contributed by atoms with van der Waals surface area (Å²) < 4.78 is 17.4. The Morgan fingerprint density at radius 1 is 1.32 bits per heavy atom. The van der Waals surface area contributed by atoms with Gasteiger partial charge in [0, 0.05) is 18.9 Å². The lowest BCUT2D eigenvalue weighted by molar-refractivity contribution is 0.0654. The summed E-state index contributed by atoms with van der Waals surface area (Å²) in [6, 6.07) is 0. The summed E-state index contributed by atoms with van der Waals surface area (Å²) in [4.78, 5) is 8.51. The molecule has 1 aliphatic carbocycles. The van der Waals surface area contributed by atoms with E-state index in [2.05, 4.69) is 56.5 Å². The minimum Gasteiger partial charge on any atom is -0.402 e. The Morgan fingerprint density at radius 3 is 2.39 bits per heavy atom. The van der Waals surface area contributed by atoms with E-state index in [4.69, 9.17) is 14.0 Å². The van der Waals surface area contributed by atoms with Crippen LogP contribution in [0.3, 0.4) is 0 Å². The highest BCUT2D eigenvalue weighted by atomic mass is 16.7. The topological polar surface area (TPSA) is 52.4 Å². The number of amidine groups is 1. The fourth-order valence-corrected chi connectivity index (χ4v) is 2.54. The Labute approximate surface area is 191 Å². The Hall–Kier alpha value is -1.50. The molecule has 2 rings (SSSR count). The van der Waals surface area contributed by atoms with Crippen LogP contribution in [0, 0.1) is 0 Å². The molecule has 6 heteroatoms. The number of aliphatic imine (C=N–C) groups is 2. The maximum atomic E-state index is 6.07. The van der Waals surface area contributed by atoms with Crippen LogP contribution >= 0.6 is 0 Å². The first-order valence-corrected chi connectivity index (χ1v) is 11.6. The van der Waals surface area contributed by atoms with E-state index in [1.165, 1.54) is 12.8 Å². The molecule has 1 aliphatic heterocycles. The highest BCUT2D eigenvalue weighted by Gasteiger charge is 2.44. The van der Waals surface area contributed by atoms with Gasteiger partial charge in [-0.2, -0.15) is 0 Å². The predicted octanol–water partition coefficient (Wildman–Crippen LogP) is 6.74. The van der Waals surface area contributed by atoms with Crippen molar-refractivity contribution in [2.24, 2.45) is 9.98 Å². The second-order valence-electron chi connectivity index (χ2n) is 8.48. The zero-order valence-electron chi connectivity index (χ0n) is 21.6. The Balaban J connectivity index is 0.00000134. The van der Waals surface area contributed by atoms with Crippen LogP contribution in [0.1, 0.15) is 88.0 Å². The van der Waals surface area contributed by atoms with Gasteiger partial charge in [-0.05, 0) is 65.7 Å². The molecule has 1 unspecified atom stereocenters. The number of methoxy groups -OCH3 is 1. The molecule has 5 nitrogen and oxygen atoms in total.